The minimum absolute atomic E-state index is 0.320. The highest BCUT2D eigenvalue weighted by molar-refractivity contribution is 6.30. The largest absolute Gasteiger partial charge is 0.494 e. The molecule has 1 heterocycles. The Balaban J connectivity index is 1.73. The van der Waals surface area contributed by atoms with Crippen molar-refractivity contribution in [2.24, 2.45) is 0 Å². The molecule has 0 spiro atoms. The minimum Gasteiger partial charge on any atom is -0.494 e. The molecule has 0 amide bonds. The van der Waals surface area contributed by atoms with E-state index < -0.39 is 0 Å². The Morgan fingerprint density at radius 2 is 1.74 bits per heavy atom. The van der Waals surface area contributed by atoms with Crippen molar-refractivity contribution in [3.05, 3.63) is 95.8 Å². The van der Waals surface area contributed by atoms with E-state index in [0.29, 0.717) is 31.1 Å². The van der Waals surface area contributed by atoms with Crippen LogP contribution in [0.5, 0.6) is 11.5 Å². The molecule has 0 radical (unpaired) electrons. The zero-order chi connectivity index (χ0) is 30.9. The predicted molar refractivity (Wildman–Crippen MR) is 178 cm³/mol. The second-order valence-electron chi connectivity index (χ2n) is 9.91. The number of ether oxygens (including phenoxy) is 3. The van der Waals surface area contributed by atoms with Gasteiger partial charge < -0.3 is 23.7 Å². The second kappa shape index (κ2) is 18.6. The lowest BCUT2D eigenvalue weighted by molar-refractivity contribution is 0.226. The fraction of sp³-hybridized carbons (Fsp3) is 0.361. The van der Waals surface area contributed by atoms with Crippen LogP contribution in [0.3, 0.4) is 0 Å². The minimum atomic E-state index is 0.320. The van der Waals surface area contributed by atoms with E-state index in [0.717, 1.165) is 72.5 Å². The summed E-state index contributed by atoms with van der Waals surface area (Å²) in [6.45, 7) is 12.7. The number of benzene rings is 2. The molecule has 43 heavy (non-hydrogen) atoms. The molecule has 0 aliphatic heterocycles. The van der Waals surface area contributed by atoms with E-state index in [1.807, 2.05) is 49.4 Å². The van der Waals surface area contributed by atoms with Crippen LogP contribution in [0, 0.1) is 12.3 Å². The van der Waals surface area contributed by atoms with Gasteiger partial charge in [-0.3, -0.25) is 0 Å². The molecular weight excluding hydrogens is 558 g/mol. The van der Waals surface area contributed by atoms with Crippen molar-refractivity contribution in [1.29, 1.82) is 0 Å². The Hall–Kier alpha value is -3.92. The Bertz CT molecular complexity index is 1380. The number of halogens is 1. The number of terminal acetylenes is 1. The third kappa shape index (κ3) is 11.4. The lowest BCUT2D eigenvalue weighted by atomic mass is 10.1. The van der Waals surface area contributed by atoms with Crippen LogP contribution < -0.4 is 9.47 Å². The summed E-state index contributed by atoms with van der Waals surface area (Å²) in [7, 11) is 0. The van der Waals surface area contributed by atoms with Crippen LogP contribution in [0.2, 0.25) is 5.02 Å². The molecular formula is C36H44ClN3O3. The lowest BCUT2D eigenvalue weighted by Crippen LogP contribution is -2.25. The first kappa shape index (κ1) is 33.6. The first-order chi connectivity index (χ1) is 21.0. The van der Waals surface area contributed by atoms with Gasteiger partial charge in [0, 0.05) is 35.4 Å². The summed E-state index contributed by atoms with van der Waals surface area (Å²) in [6, 6.07) is 15.5. The molecule has 3 aromatic rings. The SMILES string of the molecule is C#CC/C=C/OCc1nc(-c2ccc(OCCCN(CC)CC)cc2)cn1/C(=C/C/C=C(\C)Oc1ccc(Cl)cc1)CC. The summed E-state index contributed by atoms with van der Waals surface area (Å²) in [5.74, 6) is 5.82. The zero-order valence-corrected chi connectivity index (χ0v) is 26.6. The smallest absolute Gasteiger partial charge is 0.151 e. The van der Waals surface area contributed by atoms with Gasteiger partial charge in [0.15, 0.2) is 5.82 Å². The summed E-state index contributed by atoms with van der Waals surface area (Å²) in [6.07, 6.45) is 18.2. The van der Waals surface area contributed by atoms with E-state index in [1.165, 1.54) is 0 Å². The van der Waals surface area contributed by atoms with Crippen LogP contribution in [-0.4, -0.2) is 40.7 Å². The molecule has 6 nitrogen and oxygen atoms in total. The van der Waals surface area contributed by atoms with Gasteiger partial charge in [-0.05, 0) is 100.0 Å². The van der Waals surface area contributed by atoms with Gasteiger partial charge in [0.2, 0.25) is 0 Å². The first-order valence-corrected chi connectivity index (χ1v) is 15.4. The molecule has 0 unspecified atom stereocenters. The maximum Gasteiger partial charge on any atom is 0.151 e. The Labute approximate surface area is 262 Å². The Kier molecular flexibility index (Phi) is 14.5. The summed E-state index contributed by atoms with van der Waals surface area (Å²) >= 11 is 5.98. The van der Waals surface area contributed by atoms with Crippen LogP contribution in [0.15, 0.2) is 85.0 Å². The number of imidazole rings is 1. The molecule has 0 saturated heterocycles. The lowest BCUT2D eigenvalue weighted by Gasteiger charge is -2.17. The molecule has 0 atom stereocenters. The Morgan fingerprint density at radius 1 is 1.02 bits per heavy atom. The molecule has 3 rings (SSSR count). The predicted octanol–water partition coefficient (Wildman–Crippen LogP) is 8.99. The van der Waals surface area contributed by atoms with Crippen LogP contribution in [0.1, 0.15) is 59.2 Å². The van der Waals surface area contributed by atoms with Crippen molar-refractivity contribution in [3.63, 3.8) is 0 Å². The number of hydrogen-bond donors (Lipinski definition) is 0. The fourth-order valence-electron chi connectivity index (χ4n) is 4.46. The van der Waals surface area contributed by atoms with Crippen LogP contribution in [-0.2, 0) is 11.3 Å². The molecule has 0 aliphatic carbocycles. The molecule has 7 heteroatoms. The van der Waals surface area contributed by atoms with E-state index in [-0.39, 0.29) is 0 Å². The van der Waals surface area contributed by atoms with Gasteiger partial charge in [-0.25, -0.2) is 4.98 Å². The highest BCUT2D eigenvalue weighted by Crippen LogP contribution is 2.26. The average molecular weight is 602 g/mol. The number of aromatic nitrogens is 2. The van der Waals surface area contributed by atoms with Gasteiger partial charge in [-0.1, -0.05) is 38.4 Å². The van der Waals surface area contributed by atoms with Crippen LogP contribution in [0.25, 0.3) is 17.0 Å². The third-order valence-electron chi connectivity index (χ3n) is 6.87. The van der Waals surface area contributed by atoms with Crippen LogP contribution >= 0.6 is 11.6 Å². The summed E-state index contributed by atoms with van der Waals surface area (Å²) in [5.41, 5.74) is 3.01. The van der Waals surface area contributed by atoms with Crippen molar-refractivity contribution >= 4 is 17.3 Å². The van der Waals surface area contributed by atoms with E-state index in [4.69, 9.17) is 37.2 Å². The summed E-state index contributed by atoms with van der Waals surface area (Å²) in [4.78, 5) is 7.35. The highest BCUT2D eigenvalue weighted by Gasteiger charge is 2.13. The van der Waals surface area contributed by atoms with Crippen molar-refractivity contribution in [2.75, 3.05) is 26.2 Å². The van der Waals surface area contributed by atoms with Crippen molar-refractivity contribution in [3.8, 4) is 35.1 Å². The van der Waals surface area contributed by atoms with Gasteiger partial charge in [0.05, 0.1) is 24.3 Å². The summed E-state index contributed by atoms with van der Waals surface area (Å²) in [5, 5.41) is 0.682. The number of allylic oxidation sites excluding steroid dienone is 5. The van der Waals surface area contributed by atoms with Gasteiger partial charge in [-0.15, -0.1) is 12.3 Å². The topological polar surface area (TPSA) is 48.8 Å². The van der Waals surface area contributed by atoms with Crippen molar-refractivity contribution < 1.29 is 14.2 Å². The van der Waals surface area contributed by atoms with Gasteiger partial charge >= 0.3 is 0 Å². The number of nitrogens with zero attached hydrogens (tertiary/aromatic N) is 3. The van der Waals surface area contributed by atoms with E-state index in [9.17, 15) is 0 Å². The standard InChI is InChI=1S/C36H44ClN3O3/c1-6-10-11-25-41-28-36-38-35(30-16-20-33(21-17-30)42-26-13-24-39(8-3)9-4)27-40(36)32(7-2)15-12-14-29(5)43-34-22-18-31(37)19-23-34/h1,11,14-23,25,27H,7-10,12-13,24,26,28H2,2-5H3/b25-11+,29-14+,32-15+. The van der Waals surface area contributed by atoms with E-state index in [2.05, 4.69) is 66.6 Å². The maximum atomic E-state index is 5.99. The zero-order valence-electron chi connectivity index (χ0n) is 25.9. The molecule has 1 aromatic heterocycles. The number of hydrogen-bond acceptors (Lipinski definition) is 5. The van der Waals surface area contributed by atoms with E-state index in [1.54, 1.807) is 6.26 Å². The quantitative estimate of drug-likeness (QED) is 0.0827. The van der Waals surface area contributed by atoms with Gasteiger partial charge in [0.25, 0.3) is 0 Å². The normalized spacial score (nSPS) is 12.1. The molecule has 0 aliphatic rings. The fourth-order valence-corrected chi connectivity index (χ4v) is 4.59. The average Bonchev–Trinajstić information content (AvgIpc) is 3.44. The monoisotopic (exact) mass is 601 g/mol. The van der Waals surface area contributed by atoms with Crippen LogP contribution in [0.4, 0.5) is 0 Å². The molecule has 0 bridgehead atoms. The molecule has 228 valence electrons. The van der Waals surface area contributed by atoms with Crippen molar-refractivity contribution in [1.82, 2.24) is 14.5 Å². The molecule has 0 N–H and O–H groups in total. The maximum absolute atomic E-state index is 5.99. The summed E-state index contributed by atoms with van der Waals surface area (Å²) < 4.78 is 19.8. The van der Waals surface area contributed by atoms with Gasteiger partial charge in [-0.2, -0.15) is 0 Å². The van der Waals surface area contributed by atoms with E-state index >= 15 is 0 Å². The molecule has 2 aromatic carbocycles. The molecule has 0 saturated carbocycles. The highest BCUT2D eigenvalue weighted by atomic mass is 35.5. The van der Waals surface area contributed by atoms with Crippen molar-refractivity contribution in [2.45, 2.75) is 60.0 Å². The second-order valence-corrected chi connectivity index (χ2v) is 10.3. The number of rotatable bonds is 18. The molecule has 0 fully saturated rings. The Morgan fingerprint density at radius 3 is 2.42 bits per heavy atom. The third-order valence-corrected chi connectivity index (χ3v) is 7.13. The van der Waals surface area contributed by atoms with Gasteiger partial charge in [0.1, 0.15) is 18.1 Å². The first-order valence-electron chi connectivity index (χ1n) is 15.0.